The molecule has 1 amide bonds. The first-order valence-electron chi connectivity index (χ1n) is 11.9. The Bertz CT molecular complexity index is 1460. The molecule has 2 aromatic carbocycles. The molecule has 5 rings (SSSR count). The maximum atomic E-state index is 12.2. The summed E-state index contributed by atoms with van der Waals surface area (Å²) in [7, 11) is 0. The van der Waals surface area contributed by atoms with Crippen LogP contribution in [0.15, 0.2) is 93.4 Å². The average molecular weight is 584 g/mol. The molecular formula is C28H24Cl2N4O2S2. The van der Waals surface area contributed by atoms with Crippen LogP contribution in [0.3, 0.4) is 0 Å². The first-order chi connectivity index (χ1) is 18.3. The van der Waals surface area contributed by atoms with Gasteiger partial charge in [-0.3, -0.25) is 9.78 Å². The summed E-state index contributed by atoms with van der Waals surface area (Å²) in [5.41, 5.74) is 2.14. The molecule has 1 fully saturated rings. The summed E-state index contributed by atoms with van der Waals surface area (Å²) in [5, 5.41) is 8.64. The molecule has 2 N–H and O–H groups in total. The van der Waals surface area contributed by atoms with E-state index >= 15 is 0 Å². The molecular weight excluding hydrogens is 559 g/mol. The molecule has 4 aromatic rings. The minimum Gasteiger partial charge on any atom is -0.452 e. The van der Waals surface area contributed by atoms with Gasteiger partial charge in [-0.05, 0) is 78.9 Å². The predicted molar refractivity (Wildman–Crippen MR) is 157 cm³/mol. The van der Waals surface area contributed by atoms with Crippen molar-refractivity contribution < 1.29 is 9.21 Å². The van der Waals surface area contributed by atoms with Gasteiger partial charge in [0.15, 0.2) is 10.2 Å². The number of carbonyl (C=O) groups excluding carboxylic acids is 1. The van der Waals surface area contributed by atoms with Gasteiger partial charge in [0.2, 0.25) is 5.91 Å². The highest BCUT2D eigenvalue weighted by molar-refractivity contribution is 7.99. The molecule has 0 radical (unpaired) electrons. The smallest absolute Gasteiger partial charge is 0.226 e. The lowest BCUT2D eigenvalue weighted by atomic mass is 10.0. The third-order valence-corrected chi connectivity index (χ3v) is 7.84. The second kappa shape index (κ2) is 11.4. The number of pyridine rings is 1. The highest BCUT2D eigenvalue weighted by atomic mass is 35.5. The molecule has 194 valence electrons. The van der Waals surface area contributed by atoms with Crippen molar-refractivity contribution in [2.24, 2.45) is 5.92 Å². The van der Waals surface area contributed by atoms with Crippen molar-refractivity contribution in [2.75, 3.05) is 10.2 Å². The number of nitrogens with zero attached hydrogens (tertiary/aromatic N) is 2. The van der Waals surface area contributed by atoms with Crippen molar-refractivity contribution in [3.8, 4) is 0 Å². The highest BCUT2D eigenvalue weighted by Crippen LogP contribution is 2.44. The summed E-state index contributed by atoms with van der Waals surface area (Å²) in [6.45, 7) is 3.66. The van der Waals surface area contributed by atoms with Gasteiger partial charge in [0.25, 0.3) is 0 Å². The Labute approximate surface area is 240 Å². The van der Waals surface area contributed by atoms with Gasteiger partial charge in [-0.25, -0.2) is 0 Å². The molecule has 10 heteroatoms. The third kappa shape index (κ3) is 5.68. The number of thiocarbonyl (C=S) groups is 1. The van der Waals surface area contributed by atoms with Gasteiger partial charge < -0.3 is 20.0 Å². The number of amides is 1. The van der Waals surface area contributed by atoms with Crippen molar-refractivity contribution in [1.29, 1.82) is 0 Å². The number of hydrogen-bond acceptors (Lipinski definition) is 5. The van der Waals surface area contributed by atoms with Crippen LogP contribution in [0, 0.1) is 5.92 Å². The van der Waals surface area contributed by atoms with E-state index in [1.807, 2.05) is 79.4 Å². The van der Waals surface area contributed by atoms with Crippen LogP contribution in [0.1, 0.15) is 37.4 Å². The lowest BCUT2D eigenvalue weighted by Gasteiger charge is -2.26. The van der Waals surface area contributed by atoms with E-state index in [0.717, 1.165) is 27.1 Å². The Kier molecular flexibility index (Phi) is 7.95. The van der Waals surface area contributed by atoms with E-state index in [-0.39, 0.29) is 23.9 Å². The van der Waals surface area contributed by atoms with Crippen LogP contribution in [-0.4, -0.2) is 16.0 Å². The average Bonchev–Trinajstić information content (AvgIpc) is 3.51. The van der Waals surface area contributed by atoms with Crippen LogP contribution in [-0.2, 0) is 4.79 Å². The Hall–Kier alpha value is -3.04. The number of carbonyl (C=O) groups is 1. The molecule has 38 heavy (non-hydrogen) atoms. The predicted octanol–water partition coefficient (Wildman–Crippen LogP) is 7.90. The fraction of sp³-hybridized carbons (Fsp3) is 0.179. The molecule has 0 unspecified atom stereocenters. The van der Waals surface area contributed by atoms with Gasteiger partial charge in [-0.2, -0.15) is 0 Å². The minimum absolute atomic E-state index is 0.104. The van der Waals surface area contributed by atoms with E-state index in [2.05, 4.69) is 15.6 Å². The van der Waals surface area contributed by atoms with Crippen molar-refractivity contribution in [3.63, 3.8) is 0 Å². The van der Waals surface area contributed by atoms with Gasteiger partial charge in [0.1, 0.15) is 11.8 Å². The van der Waals surface area contributed by atoms with Crippen molar-refractivity contribution in [3.05, 3.63) is 100 Å². The van der Waals surface area contributed by atoms with Gasteiger partial charge in [-0.15, -0.1) is 0 Å². The molecule has 1 saturated heterocycles. The number of hydrogen-bond donors (Lipinski definition) is 2. The van der Waals surface area contributed by atoms with Crippen LogP contribution in [0.25, 0.3) is 0 Å². The van der Waals surface area contributed by atoms with Crippen LogP contribution < -0.4 is 15.5 Å². The summed E-state index contributed by atoms with van der Waals surface area (Å²) < 4.78 is 6.36. The lowest BCUT2D eigenvalue weighted by molar-refractivity contribution is -0.118. The zero-order valence-corrected chi connectivity index (χ0v) is 23.7. The first kappa shape index (κ1) is 26.6. The number of rotatable bonds is 7. The number of benzene rings is 2. The van der Waals surface area contributed by atoms with Crippen LogP contribution in [0.4, 0.5) is 11.4 Å². The first-order valence-corrected chi connectivity index (χ1v) is 13.9. The largest absolute Gasteiger partial charge is 0.452 e. The van der Waals surface area contributed by atoms with E-state index in [1.54, 1.807) is 18.3 Å². The Morgan fingerprint density at radius 1 is 1.11 bits per heavy atom. The zero-order chi connectivity index (χ0) is 26.8. The molecule has 3 heterocycles. The summed E-state index contributed by atoms with van der Waals surface area (Å²) >= 11 is 19.9. The highest BCUT2D eigenvalue weighted by Gasteiger charge is 2.42. The number of anilines is 2. The van der Waals surface area contributed by atoms with Crippen LogP contribution >= 0.6 is 47.2 Å². The molecule has 0 aliphatic carbocycles. The van der Waals surface area contributed by atoms with Gasteiger partial charge in [-0.1, -0.05) is 54.9 Å². The normalized spacial score (nSPS) is 17.1. The maximum Gasteiger partial charge on any atom is 0.226 e. The molecule has 2 atom stereocenters. The Balaban J connectivity index is 1.49. The van der Waals surface area contributed by atoms with Gasteiger partial charge >= 0.3 is 0 Å². The van der Waals surface area contributed by atoms with Crippen LogP contribution in [0.5, 0.6) is 0 Å². The lowest BCUT2D eigenvalue weighted by Crippen LogP contribution is -2.29. The maximum absolute atomic E-state index is 12.2. The SMILES string of the molecule is CC(C)C(=O)Nc1ccc(N2C(=S)N[C@@H](c3ccccn3)[C@H]2c2ccc(Sc3ccc(Cl)cc3)o2)cc1Cl. The standard InChI is InChI=1S/C28H24Cl2N4O2S2/c1-16(2)27(35)32-21-11-8-18(15-20(21)30)34-26(25(33-28(34)37)22-5-3-4-14-31-22)23-12-13-24(36-23)38-19-9-6-17(29)7-10-19/h3-16,25-26H,1-2H3,(H,32,35)(H,33,37)/t25-,26+/m0/s1. The molecule has 0 saturated carbocycles. The van der Waals surface area contributed by atoms with Crippen LogP contribution in [0.2, 0.25) is 10.0 Å². The summed E-state index contributed by atoms with van der Waals surface area (Å²) in [4.78, 5) is 19.8. The fourth-order valence-electron chi connectivity index (χ4n) is 4.12. The van der Waals surface area contributed by atoms with E-state index in [0.29, 0.717) is 20.8 Å². The number of furan rings is 1. The summed E-state index contributed by atoms with van der Waals surface area (Å²) in [6, 6.07) is 22.2. The number of halogens is 2. The number of nitrogens with one attached hydrogen (secondary N) is 2. The van der Waals surface area contributed by atoms with E-state index in [4.69, 9.17) is 39.8 Å². The van der Waals surface area contributed by atoms with Gasteiger partial charge in [0, 0.05) is 27.7 Å². The van der Waals surface area contributed by atoms with Gasteiger partial charge in [0.05, 0.1) is 22.4 Å². The minimum atomic E-state index is -0.330. The van der Waals surface area contributed by atoms with Crippen molar-refractivity contribution >= 4 is 69.6 Å². The zero-order valence-electron chi connectivity index (χ0n) is 20.5. The topological polar surface area (TPSA) is 70.4 Å². The fourth-order valence-corrected chi connectivity index (χ4v) is 5.59. The number of aromatic nitrogens is 1. The van der Waals surface area contributed by atoms with E-state index < -0.39 is 0 Å². The van der Waals surface area contributed by atoms with E-state index in [1.165, 1.54) is 11.8 Å². The van der Waals surface area contributed by atoms with Crippen molar-refractivity contribution in [1.82, 2.24) is 10.3 Å². The molecule has 0 bridgehead atoms. The molecule has 6 nitrogen and oxygen atoms in total. The second-order valence-corrected chi connectivity index (χ2v) is 11.3. The monoisotopic (exact) mass is 582 g/mol. The molecule has 0 spiro atoms. The van der Waals surface area contributed by atoms with E-state index in [9.17, 15) is 4.79 Å². The molecule has 1 aliphatic heterocycles. The summed E-state index contributed by atoms with van der Waals surface area (Å²) in [6.07, 6.45) is 1.76. The van der Waals surface area contributed by atoms with Crippen molar-refractivity contribution in [2.45, 2.75) is 35.9 Å². The molecule has 1 aliphatic rings. The summed E-state index contributed by atoms with van der Waals surface area (Å²) in [5.74, 6) is 0.452. The second-order valence-electron chi connectivity index (χ2n) is 9.02. The third-order valence-electron chi connectivity index (χ3n) is 6.04. The molecule has 2 aromatic heterocycles. The Morgan fingerprint density at radius 3 is 2.58 bits per heavy atom. The Morgan fingerprint density at radius 2 is 1.89 bits per heavy atom. The quantitative estimate of drug-likeness (QED) is 0.214.